The first-order valence-corrected chi connectivity index (χ1v) is 8.57. The number of sulfonamides is 1. The molecule has 2 aromatic rings. The van der Waals surface area contributed by atoms with Gasteiger partial charge in [-0.25, -0.2) is 8.42 Å². The number of hydrogen-bond donors (Lipinski definition) is 2. The standard InChI is InChI=1S/C13H16BrN3O3S/c1-9(2)17-7-11(6-15-17)16-21(19,20)13-5-10(8-18)3-4-12(13)14/h3-7,9,16,18H,8H2,1-2H3. The largest absolute Gasteiger partial charge is 0.392 e. The summed E-state index contributed by atoms with van der Waals surface area (Å²) in [6.07, 6.45) is 3.09. The number of benzene rings is 1. The van der Waals surface area contributed by atoms with Gasteiger partial charge in [0.25, 0.3) is 10.0 Å². The molecule has 0 atom stereocenters. The second kappa shape index (κ2) is 6.17. The summed E-state index contributed by atoms with van der Waals surface area (Å²) in [7, 11) is -3.75. The average Bonchev–Trinajstić information content (AvgIpc) is 2.87. The molecule has 0 saturated carbocycles. The topological polar surface area (TPSA) is 84.2 Å². The number of aliphatic hydroxyl groups is 1. The van der Waals surface area contributed by atoms with Crippen LogP contribution in [0.15, 0.2) is 40.0 Å². The van der Waals surface area contributed by atoms with Crippen molar-refractivity contribution in [3.05, 3.63) is 40.6 Å². The minimum absolute atomic E-state index is 0.0753. The van der Waals surface area contributed by atoms with Crippen LogP contribution in [-0.2, 0) is 16.6 Å². The van der Waals surface area contributed by atoms with Crippen molar-refractivity contribution in [2.45, 2.75) is 31.4 Å². The Labute approximate surface area is 132 Å². The summed E-state index contributed by atoms with van der Waals surface area (Å²) in [5.41, 5.74) is 0.918. The minimum Gasteiger partial charge on any atom is -0.392 e. The normalized spacial score (nSPS) is 11.9. The van der Waals surface area contributed by atoms with Gasteiger partial charge >= 0.3 is 0 Å². The molecule has 21 heavy (non-hydrogen) atoms. The molecular formula is C13H16BrN3O3S. The highest BCUT2D eigenvalue weighted by molar-refractivity contribution is 9.10. The average molecular weight is 374 g/mol. The zero-order valence-electron chi connectivity index (χ0n) is 11.6. The summed E-state index contributed by atoms with van der Waals surface area (Å²) in [4.78, 5) is 0.0753. The Balaban J connectivity index is 2.33. The van der Waals surface area contributed by atoms with E-state index in [1.165, 1.54) is 12.3 Å². The van der Waals surface area contributed by atoms with E-state index in [0.29, 0.717) is 15.7 Å². The molecule has 1 aromatic heterocycles. The lowest BCUT2D eigenvalue weighted by molar-refractivity contribution is 0.281. The second-order valence-corrected chi connectivity index (χ2v) is 7.34. The number of rotatable bonds is 5. The van der Waals surface area contributed by atoms with E-state index in [4.69, 9.17) is 5.11 Å². The van der Waals surface area contributed by atoms with Gasteiger partial charge in [-0.2, -0.15) is 5.10 Å². The third kappa shape index (κ3) is 3.63. The summed E-state index contributed by atoms with van der Waals surface area (Å²) in [5.74, 6) is 0. The zero-order valence-corrected chi connectivity index (χ0v) is 14.0. The molecule has 0 radical (unpaired) electrons. The van der Waals surface area contributed by atoms with Crippen LogP contribution in [0.5, 0.6) is 0 Å². The molecule has 2 N–H and O–H groups in total. The van der Waals surface area contributed by atoms with Crippen molar-refractivity contribution in [3.63, 3.8) is 0 Å². The van der Waals surface area contributed by atoms with Gasteiger partial charge in [0.2, 0.25) is 0 Å². The minimum atomic E-state index is -3.75. The van der Waals surface area contributed by atoms with Crippen LogP contribution in [0.4, 0.5) is 5.69 Å². The molecule has 8 heteroatoms. The Morgan fingerprint density at radius 3 is 2.71 bits per heavy atom. The highest BCUT2D eigenvalue weighted by Gasteiger charge is 2.19. The van der Waals surface area contributed by atoms with Gasteiger partial charge < -0.3 is 5.11 Å². The number of nitrogens with one attached hydrogen (secondary N) is 1. The quantitative estimate of drug-likeness (QED) is 0.843. The predicted octanol–water partition coefficient (Wildman–Crippen LogP) is 2.52. The molecule has 0 aliphatic carbocycles. The molecule has 0 aliphatic rings. The molecule has 0 fully saturated rings. The Hall–Kier alpha value is -1.38. The van der Waals surface area contributed by atoms with Crippen LogP contribution < -0.4 is 4.72 Å². The van der Waals surface area contributed by atoms with E-state index in [-0.39, 0.29) is 17.5 Å². The molecule has 1 aromatic carbocycles. The van der Waals surface area contributed by atoms with E-state index >= 15 is 0 Å². The number of nitrogens with zero attached hydrogens (tertiary/aromatic N) is 2. The van der Waals surface area contributed by atoms with Gasteiger partial charge in [-0.3, -0.25) is 9.40 Å². The summed E-state index contributed by atoms with van der Waals surface area (Å²) in [6.45, 7) is 3.68. The Kier molecular flexibility index (Phi) is 4.70. The maximum atomic E-state index is 12.4. The van der Waals surface area contributed by atoms with Crippen LogP contribution in [0, 0.1) is 0 Å². The lowest BCUT2D eigenvalue weighted by Gasteiger charge is -2.09. The highest BCUT2D eigenvalue weighted by Crippen LogP contribution is 2.25. The third-order valence-corrected chi connectivity index (χ3v) is 5.23. The van der Waals surface area contributed by atoms with Gasteiger partial charge in [-0.1, -0.05) is 6.07 Å². The molecule has 2 rings (SSSR count). The van der Waals surface area contributed by atoms with Crippen molar-refractivity contribution >= 4 is 31.6 Å². The third-order valence-electron chi connectivity index (χ3n) is 2.85. The van der Waals surface area contributed by atoms with Crippen molar-refractivity contribution in [3.8, 4) is 0 Å². The number of halogens is 1. The van der Waals surface area contributed by atoms with Crippen LogP contribution in [0.1, 0.15) is 25.5 Å². The summed E-state index contributed by atoms with van der Waals surface area (Å²) >= 11 is 3.22. The molecule has 0 bridgehead atoms. The lowest BCUT2D eigenvalue weighted by Crippen LogP contribution is -2.13. The van der Waals surface area contributed by atoms with Gasteiger partial charge in [0.1, 0.15) is 4.90 Å². The fourth-order valence-corrected chi connectivity index (χ4v) is 3.78. The van der Waals surface area contributed by atoms with Gasteiger partial charge in [0.15, 0.2) is 0 Å². The van der Waals surface area contributed by atoms with E-state index in [2.05, 4.69) is 25.8 Å². The summed E-state index contributed by atoms with van der Waals surface area (Å²) in [6, 6.07) is 4.82. The molecule has 6 nitrogen and oxygen atoms in total. The van der Waals surface area contributed by atoms with Crippen molar-refractivity contribution in [1.82, 2.24) is 9.78 Å². The second-order valence-electron chi connectivity index (χ2n) is 4.83. The number of hydrogen-bond acceptors (Lipinski definition) is 4. The van der Waals surface area contributed by atoms with E-state index in [1.54, 1.807) is 23.0 Å². The molecule has 0 spiro atoms. The molecule has 0 aliphatic heterocycles. The monoisotopic (exact) mass is 373 g/mol. The van der Waals surface area contributed by atoms with Gasteiger partial charge in [0, 0.05) is 16.7 Å². The molecule has 114 valence electrons. The smallest absolute Gasteiger partial charge is 0.263 e. The fraction of sp³-hybridized carbons (Fsp3) is 0.308. The van der Waals surface area contributed by atoms with Gasteiger partial charge in [0.05, 0.1) is 18.5 Å². The van der Waals surface area contributed by atoms with Gasteiger partial charge in [-0.05, 0) is 47.5 Å². The maximum absolute atomic E-state index is 12.4. The van der Waals surface area contributed by atoms with Crippen LogP contribution in [0.3, 0.4) is 0 Å². The van der Waals surface area contributed by atoms with Crippen molar-refractivity contribution in [2.75, 3.05) is 4.72 Å². The Bertz CT molecular complexity index is 741. The van der Waals surface area contributed by atoms with Crippen molar-refractivity contribution in [2.24, 2.45) is 0 Å². The SMILES string of the molecule is CC(C)n1cc(NS(=O)(=O)c2cc(CO)ccc2Br)cn1. The predicted molar refractivity (Wildman–Crippen MR) is 83.5 cm³/mol. The van der Waals surface area contributed by atoms with E-state index < -0.39 is 10.0 Å². The molecule has 0 unspecified atom stereocenters. The Morgan fingerprint density at radius 1 is 1.43 bits per heavy atom. The van der Waals surface area contributed by atoms with E-state index in [1.807, 2.05) is 13.8 Å². The molecule has 0 amide bonds. The van der Waals surface area contributed by atoms with Crippen LogP contribution in [0.25, 0.3) is 0 Å². The van der Waals surface area contributed by atoms with E-state index in [9.17, 15) is 8.42 Å². The summed E-state index contributed by atoms with van der Waals surface area (Å²) < 4.78 is 29.4. The van der Waals surface area contributed by atoms with Crippen LogP contribution in [0.2, 0.25) is 0 Å². The number of aliphatic hydroxyl groups excluding tert-OH is 1. The molecular weight excluding hydrogens is 358 g/mol. The Morgan fingerprint density at radius 2 is 2.14 bits per heavy atom. The van der Waals surface area contributed by atoms with Crippen LogP contribution in [-0.4, -0.2) is 23.3 Å². The fourth-order valence-electron chi connectivity index (χ4n) is 1.74. The summed E-state index contributed by atoms with van der Waals surface area (Å²) in [5, 5.41) is 13.2. The molecule has 1 heterocycles. The number of anilines is 1. The first-order chi connectivity index (χ1) is 9.83. The number of aromatic nitrogens is 2. The highest BCUT2D eigenvalue weighted by atomic mass is 79.9. The maximum Gasteiger partial charge on any atom is 0.263 e. The van der Waals surface area contributed by atoms with Crippen LogP contribution >= 0.6 is 15.9 Å². The molecule has 0 saturated heterocycles. The zero-order chi connectivity index (χ0) is 15.6. The first kappa shape index (κ1) is 16.0. The van der Waals surface area contributed by atoms with E-state index in [0.717, 1.165) is 0 Å². The van der Waals surface area contributed by atoms with Crippen molar-refractivity contribution in [1.29, 1.82) is 0 Å². The van der Waals surface area contributed by atoms with Crippen molar-refractivity contribution < 1.29 is 13.5 Å². The lowest BCUT2D eigenvalue weighted by atomic mass is 10.2. The first-order valence-electron chi connectivity index (χ1n) is 6.30. The van der Waals surface area contributed by atoms with Gasteiger partial charge in [-0.15, -0.1) is 0 Å².